The van der Waals surface area contributed by atoms with Crippen molar-refractivity contribution in [2.75, 3.05) is 27.3 Å². The second kappa shape index (κ2) is 6.49. The van der Waals surface area contributed by atoms with Crippen molar-refractivity contribution in [1.29, 1.82) is 0 Å². The first kappa shape index (κ1) is 14.5. The van der Waals surface area contributed by atoms with Gasteiger partial charge in [0.05, 0.1) is 19.2 Å². The van der Waals surface area contributed by atoms with E-state index in [1.807, 2.05) is 6.07 Å². The molecule has 0 saturated carbocycles. The number of nitrogens with one attached hydrogen (secondary N) is 1. The summed E-state index contributed by atoms with van der Waals surface area (Å²) in [7, 11) is 3.28. The Labute approximate surface area is 120 Å². The van der Waals surface area contributed by atoms with Gasteiger partial charge in [0.25, 0.3) is 0 Å². The number of ether oxygens (including phenoxy) is 2. The van der Waals surface area contributed by atoms with E-state index < -0.39 is 0 Å². The van der Waals surface area contributed by atoms with Crippen LogP contribution in [0.25, 0.3) is 0 Å². The van der Waals surface area contributed by atoms with Crippen molar-refractivity contribution in [1.82, 2.24) is 5.32 Å². The molecule has 1 fully saturated rings. The Morgan fingerprint density at radius 3 is 2.63 bits per heavy atom. The highest BCUT2D eigenvalue weighted by Gasteiger charge is 2.19. The summed E-state index contributed by atoms with van der Waals surface area (Å²) in [5.41, 5.74) is 2.39. The Kier molecular flexibility index (Phi) is 4.94. The lowest BCUT2D eigenvalue weighted by molar-refractivity contribution is 0.350. The van der Waals surface area contributed by atoms with Crippen molar-refractivity contribution in [3.63, 3.8) is 0 Å². The third kappa shape index (κ3) is 3.15. The van der Waals surface area contributed by atoms with Crippen LogP contribution in [0.15, 0.2) is 6.07 Å². The van der Waals surface area contributed by atoms with Crippen LogP contribution >= 0.6 is 11.6 Å². The lowest BCUT2D eigenvalue weighted by Crippen LogP contribution is -2.31. The van der Waals surface area contributed by atoms with E-state index in [-0.39, 0.29) is 0 Å². The van der Waals surface area contributed by atoms with E-state index >= 15 is 0 Å². The van der Waals surface area contributed by atoms with E-state index in [1.54, 1.807) is 14.2 Å². The van der Waals surface area contributed by atoms with Crippen LogP contribution in [0.1, 0.15) is 24.0 Å². The summed E-state index contributed by atoms with van der Waals surface area (Å²) in [4.78, 5) is 0. The molecule has 1 aromatic carbocycles. The second-order valence-corrected chi connectivity index (χ2v) is 5.53. The van der Waals surface area contributed by atoms with E-state index in [4.69, 9.17) is 21.1 Å². The van der Waals surface area contributed by atoms with Crippen LogP contribution in [-0.4, -0.2) is 27.3 Å². The van der Waals surface area contributed by atoms with Gasteiger partial charge in [-0.3, -0.25) is 0 Å². The van der Waals surface area contributed by atoms with Gasteiger partial charge < -0.3 is 14.8 Å². The van der Waals surface area contributed by atoms with E-state index in [1.165, 1.54) is 18.4 Å². The summed E-state index contributed by atoms with van der Waals surface area (Å²) in [6.07, 6.45) is 3.57. The summed E-state index contributed by atoms with van der Waals surface area (Å²) in [5.74, 6) is 2.07. The zero-order valence-electron chi connectivity index (χ0n) is 11.9. The molecule has 2 rings (SSSR count). The van der Waals surface area contributed by atoms with E-state index in [0.717, 1.165) is 30.8 Å². The van der Waals surface area contributed by atoms with Crippen LogP contribution in [0.3, 0.4) is 0 Å². The van der Waals surface area contributed by atoms with Crippen LogP contribution in [0, 0.1) is 12.8 Å². The monoisotopic (exact) mass is 283 g/mol. The molecule has 0 amide bonds. The first-order valence-electron chi connectivity index (χ1n) is 6.78. The minimum Gasteiger partial charge on any atom is -0.493 e. The Bertz CT molecular complexity index is 442. The normalized spacial score (nSPS) is 19.3. The molecule has 1 aliphatic heterocycles. The lowest BCUT2D eigenvalue weighted by Gasteiger charge is -2.24. The van der Waals surface area contributed by atoms with E-state index in [2.05, 4.69) is 12.2 Å². The molecule has 1 aliphatic rings. The third-order valence-corrected chi connectivity index (χ3v) is 4.14. The molecule has 0 aliphatic carbocycles. The zero-order valence-corrected chi connectivity index (χ0v) is 12.6. The molecule has 3 nitrogen and oxygen atoms in total. The molecule has 1 atom stereocenters. The summed E-state index contributed by atoms with van der Waals surface area (Å²) in [6.45, 7) is 4.30. The maximum Gasteiger partial charge on any atom is 0.179 e. The smallest absolute Gasteiger partial charge is 0.179 e. The predicted molar refractivity (Wildman–Crippen MR) is 78.6 cm³/mol. The van der Waals surface area contributed by atoms with Gasteiger partial charge in [0.2, 0.25) is 0 Å². The quantitative estimate of drug-likeness (QED) is 0.920. The van der Waals surface area contributed by atoms with Gasteiger partial charge in [-0.2, -0.15) is 0 Å². The molecule has 0 radical (unpaired) electrons. The molecular weight excluding hydrogens is 262 g/mol. The van der Waals surface area contributed by atoms with Crippen LogP contribution in [-0.2, 0) is 6.42 Å². The summed E-state index contributed by atoms with van der Waals surface area (Å²) in [6, 6.07) is 2.02. The molecule has 0 bridgehead atoms. The fourth-order valence-electron chi connectivity index (χ4n) is 2.81. The van der Waals surface area contributed by atoms with Crippen LogP contribution in [0.4, 0.5) is 0 Å². The average Bonchev–Trinajstić information content (AvgIpc) is 2.43. The number of hydrogen-bond acceptors (Lipinski definition) is 3. The van der Waals surface area contributed by atoms with Crippen molar-refractivity contribution in [2.24, 2.45) is 5.92 Å². The fraction of sp³-hybridized carbons (Fsp3) is 0.600. The Hall–Kier alpha value is -0.930. The molecule has 19 heavy (non-hydrogen) atoms. The lowest BCUT2D eigenvalue weighted by atomic mass is 9.90. The largest absolute Gasteiger partial charge is 0.493 e. The number of piperidine rings is 1. The molecule has 1 saturated heterocycles. The van der Waals surface area contributed by atoms with E-state index in [9.17, 15) is 0 Å². The standard InChI is InChI=1S/C15H22ClNO2/c1-10-12(7-11-5-4-6-17-9-11)8-13(16)15(19-3)14(10)18-2/h8,11,17H,4-7,9H2,1-3H3. The van der Waals surface area contributed by atoms with Crippen molar-refractivity contribution in [3.05, 3.63) is 22.2 Å². The first-order chi connectivity index (χ1) is 9.17. The van der Waals surface area contributed by atoms with E-state index in [0.29, 0.717) is 16.7 Å². The SMILES string of the molecule is COc1c(Cl)cc(CC2CCCNC2)c(C)c1OC. The van der Waals surface area contributed by atoms with Crippen LogP contribution in [0.5, 0.6) is 11.5 Å². The van der Waals surface area contributed by atoms with Gasteiger partial charge in [-0.25, -0.2) is 0 Å². The number of rotatable bonds is 4. The van der Waals surface area contributed by atoms with Crippen LogP contribution in [0.2, 0.25) is 5.02 Å². The Morgan fingerprint density at radius 2 is 2.05 bits per heavy atom. The average molecular weight is 284 g/mol. The number of methoxy groups -OCH3 is 2. The highest BCUT2D eigenvalue weighted by molar-refractivity contribution is 6.32. The molecule has 1 aromatic rings. The van der Waals surface area contributed by atoms with Gasteiger partial charge in [0.1, 0.15) is 0 Å². The molecule has 1 unspecified atom stereocenters. The minimum absolute atomic E-state index is 0.628. The molecule has 1 N–H and O–H groups in total. The van der Waals surface area contributed by atoms with Gasteiger partial charge in [-0.15, -0.1) is 0 Å². The minimum atomic E-state index is 0.628. The van der Waals surface area contributed by atoms with Crippen molar-refractivity contribution in [3.8, 4) is 11.5 Å². The molecule has 1 heterocycles. The maximum absolute atomic E-state index is 6.28. The van der Waals surface area contributed by atoms with Gasteiger partial charge in [-0.05, 0) is 62.4 Å². The van der Waals surface area contributed by atoms with Gasteiger partial charge >= 0.3 is 0 Å². The molecular formula is C15H22ClNO2. The van der Waals surface area contributed by atoms with Gasteiger partial charge in [0, 0.05) is 0 Å². The predicted octanol–water partition coefficient (Wildman–Crippen LogP) is 3.21. The zero-order chi connectivity index (χ0) is 13.8. The topological polar surface area (TPSA) is 30.5 Å². The fourth-order valence-corrected chi connectivity index (χ4v) is 3.10. The van der Waals surface area contributed by atoms with Gasteiger partial charge in [-0.1, -0.05) is 11.6 Å². The summed E-state index contributed by atoms with van der Waals surface area (Å²) < 4.78 is 10.8. The number of benzene rings is 1. The maximum atomic E-state index is 6.28. The molecule has 4 heteroatoms. The van der Waals surface area contributed by atoms with Gasteiger partial charge in [0.15, 0.2) is 11.5 Å². The highest BCUT2D eigenvalue weighted by Crippen LogP contribution is 2.40. The van der Waals surface area contributed by atoms with Crippen molar-refractivity contribution < 1.29 is 9.47 Å². The molecule has 106 valence electrons. The van der Waals surface area contributed by atoms with Crippen molar-refractivity contribution >= 4 is 11.6 Å². The second-order valence-electron chi connectivity index (χ2n) is 5.13. The van der Waals surface area contributed by atoms with Crippen molar-refractivity contribution in [2.45, 2.75) is 26.2 Å². The van der Waals surface area contributed by atoms with Crippen LogP contribution < -0.4 is 14.8 Å². The first-order valence-corrected chi connectivity index (χ1v) is 7.15. The third-order valence-electron chi connectivity index (χ3n) is 3.86. The molecule has 0 spiro atoms. The molecule has 0 aromatic heterocycles. The number of halogens is 1. The summed E-state index contributed by atoms with van der Waals surface area (Å²) >= 11 is 6.28. The highest BCUT2D eigenvalue weighted by atomic mass is 35.5. The Balaban J connectivity index is 2.27. The summed E-state index contributed by atoms with van der Waals surface area (Å²) in [5, 5.41) is 4.08. The number of hydrogen-bond donors (Lipinski definition) is 1. The Morgan fingerprint density at radius 1 is 1.32 bits per heavy atom.